The number of hydrogen-bond donors (Lipinski definition) is 2. The first-order valence-electron chi connectivity index (χ1n) is 10.7. The minimum atomic E-state index is -1.05. The molecule has 2 heterocycles. The first-order valence-corrected chi connectivity index (χ1v) is 10.7. The van der Waals surface area contributed by atoms with E-state index in [9.17, 15) is 24.0 Å². The summed E-state index contributed by atoms with van der Waals surface area (Å²) in [7, 11) is 0. The SMILES string of the molecule is O=C(Cc1cccc2ccccc12)NOc1ccc2c(c1)C(=O)N(C1CCC(=O)NC1=O)C2=O. The van der Waals surface area contributed by atoms with E-state index in [0.717, 1.165) is 21.2 Å². The predicted octanol–water partition coefficient (Wildman–Crippen LogP) is 1.89. The number of benzene rings is 3. The maximum absolute atomic E-state index is 12.9. The van der Waals surface area contributed by atoms with Crippen LogP contribution in [0.2, 0.25) is 0 Å². The van der Waals surface area contributed by atoms with Crippen molar-refractivity contribution in [2.45, 2.75) is 25.3 Å². The van der Waals surface area contributed by atoms with E-state index < -0.39 is 29.7 Å². The van der Waals surface area contributed by atoms with Gasteiger partial charge in [0, 0.05) is 6.42 Å². The molecular formula is C25H19N3O6. The summed E-state index contributed by atoms with van der Waals surface area (Å²) in [5.41, 5.74) is 3.40. The summed E-state index contributed by atoms with van der Waals surface area (Å²) in [6.45, 7) is 0. The van der Waals surface area contributed by atoms with Gasteiger partial charge >= 0.3 is 0 Å². The molecular weight excluding hydrogens is 438 g/mol. The fraction of sp³-hybridized carbons (Fsp3) is 0.160. The maximum Gasteiger partial charge on any atom is 0.262 e. The Labute approximate surface area is 193 Å². The number of carbonyl (C=O) groups excluding carboxylic acids is 5. The quantitative estimate of drug-likeness (QED) is 0.446. The highest BCUT2D eigenvalue weighted by molar-refractivity contribution is 6.23. The van der Waals surface area contributed by atoms with Gasteiger partial charge in [-0.25, -0.2) is 0 Å². The van der Waals surface area contributed by atoms with Gasteiger partial charge in [0.25, 0.3) is 17.7 Å². The number of hydroxylamine groups is 1. The lowest BCUT2D eigenvalue weighted by Crippen LogP contribution is -2.54. The van der Waals surface area contributed by atoms with Crippen molar-refractivity contribution in [3.05, 3.63) is 77.4 Å². The molecule has 0 bridgehead atoms. The highest BCUT2D eigenvalue weighted by Crippen LogP contribution is 2.30. The number of piperidine rings is 1. The van der Waals surface area contributed by atoms with Crippen LogP contribution in [-0.2, 0) is 20.8 Å². The Bertz CT molecular complexity index is 1380. The molecule has 34 heavy (non-hydrogen) atoms. The van der Waals surface area contributed by atoms with E-state index in [2.05, 4.69) is 10.8 Å². The summed E-state index contributed by atoms with van der Waals surface area (Å²) < 4.78 is 0. The number of fused-ring (bicyclic) bond motifs is 2. The summed E-state index contributed by atoms with van der Waals surface area (Å²) in [5, 5.41) is 4.15. The molecule has 2 aliphatic rings. The van der Waals surface area contributed by atoms with E-state index in [1.165, 1.54) is 18.2 Å². The molecule has 5 rings (SSSR count). The fourth-order valence-corrected chi connectivity index (χ4v) is 4.29. The van der Waals surface area contributed by atoms with Crippen LogP contribution in [0.1, 0.15) is 39.1 Å². The number of imide groups is 2. The zero-order valence-electron chi connectivity index (χ0n) is 17.9. The lowest BCUT2D eigenvalue weighted by atomic mass is 10.0. The molecule has 0 saturated carbocycles. The van der Waals surface area contributed by atoms with Gasteiger partial charge in [0.15, 0.2) is 5.75 Å². The van der Waals surface area contributed by atoms with Gasteiger partial charge in [-0.05, 0) is 41.0 Å². The van der Waals surface area contributed by atoms with E-state index in [1.54, 1.807) is 0 Å². The molecule has 0 aliphatic carbocycles. The fourth-order valence-electron chi connectivity index (χ4n) is 4.29. The lowest BCUT2D eigenvalue weighted by Gasteiger charge is -2.27. The Kier molecular flexibility index (Phi) is 5.29. The van der Waals surface area contributed by atoms with E-state index in [0.29, 0.717) is 0 Å². The minimum Gasteiger partial charge on any atom is -0.380 e. The van der Waals surface area contributed by atoms with Gasteiger partial charge in [0.05, 0.1) is 17.5 Å². The molecule has 3 aromatic carbocycles. The van der Waals surface area contributed by atoms with Gasteiger partial charge in [-0.1, -0.05) is 42.5 Å². The van der Waals surface area contributed by atoms with E-state index in [1.807, 2.05) is 42.5 Å². The number of nitrogens with zero attached hydrogens (tertiary/aromatic N) is 1. The van der Waals surface area contributed by atoms with Crippen molar-refractivity contribution < 1.29 is 28.8 Å². The number of carbonyl (C=O) groups is 5. The Morgan fingerprint density at radius 3 is 2.56 bits per heavy atom. The van der Waals surface area contributed by atoms with Crippen LogP contribution in [0.25, 0.3) is 10.8 Å². The number of rotatable bonds is 5. The van der Waals surface area contributed by atoms with Crippen molar-refractivity contribution >= 4 is 40.3 Å². The van der Waals surface area contributed by atoms with Crippen molar-refractivity contribution in [2.75, 3.05) is 0 Å². The van der Waals surface area contributed by atoms with Gasteiger partial charge in [-0.3, -0.25) is 34.2 Å². The monoisotopic (exact) mass is 457 g/mol. The molecule has 5 amide bonds. The molecule has 0 spiro atoms. The van der Waals surface area contributed by atoms with Crippen molar-refractivity contribution in [3.8, 4) is 5.75 Å². The second-order valence-electron chi connectivity index (χ2n) is 8.10. The first kappa shape index (κ1) is 21.3. The van der Waals surface area contributed by atoms with Crippen LogP contribution in [0.15, 0.2) is 60.7 Å². The molecule has 0 aromatic heterocycles. The highest BCUT2D eigenvalue weighted by atomic mass is 16.7. The molecule has 1 saturated heterocycles. The van der Waals surface area contributed by atoms with Crippen molar-refractivity contribution in [1.82, 2.24) is 15.7 Å². The zero-order valence-corrected chi connectivity index (χ0v) is 17.9. The third kappa shape index (κ3) is 3.77. The molecule has 170 valence electrons. The van der Waals surface area contributed by atoms with Crippen LogP contribution in [-0.4, -0.2) is 40.5 Å². The summed E-state index contributed by atoms with van der Waals surface area (Å²) in [6, 6.07) is 16.6. The maximum atomic E-state index is 12.9. The number of hydrogen-bond acceptors (Lipinski definition) is 6. The molecule has 0 radical (unpaired) electrons. The summed E-state index contributed by atoms with van der Waals surface area (Å²) >= 11 is 0. The predicted molar refractivity (Wildman–Crippen MR) is 120 cm³/mol. The van der Waals surface area contributed by atoms with Crippen LogP contribution in [0.3, 0.4) is 0 Å². The van der Waals surface area contributed by atoms with Crippen LogP contribution in [0.4, 0.5) is 0 Å². The second-order valence-corrected chi connectivity index (χ2v) is 8.10. The molecule has 1 fully saturated rings. The molecule has 1 unspecified atom stereocenters. The highest BCUT2D eigenvalue weighted by Gasteiger charge is 2.44. The molecule has 9 heteroatoms. The van der Waals surface area contributed by atoms with Gasteiger partial charge in [-0.2, -0.15) is 5.48 Å². The number of nitrogens with one attached hydrogen (secondary N) is 2. The third-order valence-electron chi connectivity index (χ3n) is 5.92. The Morgan fingerprint density at radius 1 is 0.971 bits per heavy atom. The van der Waals surface area contributed by atoms with Gasteiger partial charge in [0.2, 0.25) is 11.8 Å². The van der Waals surface area contributed by atoms with Crippen molar-refractivity contribution in [2.24, 2.45) is 0 Å². The van der Waals surface area contributed by atoms with Gasteiger partial charge in [-0.15, -0.1) is 0 Å². The Hall–Kier alpha value is -4.53. The zero-order chi connectivity index (χ0) is 23.8. The second kappa shape index (κ2) is 8.43. The van der Waals surface area contributed by atoms with Crippen LogP contribution < -0.4 is 15.6 Å². The molecule has 2 aliphatic heterocycles. The smallest absolute Gasteiger partial charge is 0.262 e. The first-order chi connectivity index (χ1) is 16.4. The number of amides is 5. The molecule has 2 N–H and O–H groups in total. The normalized spacial score (nSPS) is 17.5. The van der Waals surface area contributed by atoms with E-state index in [-0.39, 0.29) is 42.0 Å². The molecule has 9 nitrogen and oxygen atoms in total. The van der Waals surface area contributed by atoms with Crippen molar-refractivity contribution in [1.29, 1.82) is 0 Å². The lowest BCUT2D eigenvalue weighted by molar-refractivity contribution is -0.136. The van der Waals surface area contributed by atoms with Gasteiger partial charge in [0.1, 0.15) is 6.04 Å². The van der Waals surface area contributed by atoms with Crippen LogP contribution in [0, 0.1) is 0 Å². The van der Waals surface area contributed by atoms with Crippen LogP contribution in [0.5, 0.6) is 5.75 Å². The Morgan fingerprint density at radius 2 is 1.74 bits per heavy atom. The van der Waals surface area contributed by atoms with Crippen molar-refractivity contribution in [3.63, 3.8) is 0 Å². The van der Waals surface area contributed by atoms with Crippen LogP contribution >= 0.6 is 0 Å². The average molecular weight is 457 g/mol. The summed E-state index contributed by atoms with van der Waals surface area (Å²) in [4.78, 5) is 67.9. The molecule has 3 aromatic rings. The van der Waals surface area contributed by atoms with Gasteiger partial charge < -0.3 is 4.84 Å². The Balaban J connectivity index is 1.28. The average Bonchev–Trinajstić information content (AvgIpc) is 3.07. The third-order valence-corrected chi connectivity index (χ3v) is 5.92. The summed E-state index contributed by atoms with van der Waals surface area (Å²) in [6.07, 6.45) is 0.206. The standard InChI is InChI=1S/C25H19N3O6/c29-21-11-10-20(23(31)26-21)28-24(32)18-9-8-16(13-19(18)25(28)33)34-27-22(30)12-15-6-3-5-14-4-1-2-7-17(14)15/h1-9,13,20H,10-12H2,(H,27,30)(H,26,29,31). The van der Waals surface area contributed by atoms with E-state index >= 15 is 0 Å². The van der Waals surface area contributed by atoms with E-state index in [4.69, 9.17) is 4.84 Å². The topological polar surface area (TPSA) is 122 Å². The minimum absolute atomic E-state index is 0.0426. The largest absolute Gasteiger partial charge is 0.380 e. The summed E-state index contributed by atoms with van der Waals surface area (Å²) in [5.74, 6) is -2.60. The molecule has 1 atom stereocenters.